The van der Waals surface area contributed by atoms with Crippen molar-refractivity contribution in [1.29, 1.82) is 0 Å². The van der Waals surface area contributed by atoms with Crippen LogP contribution in [0.2, 0.25) is 0 Å². The Morgan fingerprint density at radius 3 is 2.50 bits per heavy atom. The Balaban J connectivity index is 1.46. The van der Waals surface area contributed by atoms with E-state index in [1.165, 1.54) is 30.5 Å². The van der Waals surface area contributed by atoms with E-state index < -0.39 is 11.7 Å². The Hall–Kier alpha value is -3.16. The Bertz CT molecular complexity index is 799. The van der Waals surface area contributed by atoms with Gasteiger partial charge in [-0.1, -0.05) is 6.07 Å². The summed E-state index contributed by atoms with van der Waals surface area (Å²) in [7, 11) is 0. The van der Waals surface area contributed by atoms with Crippen molar-refractivity contribution in [1.82, 2.24) is 10.2 Å². The van der Waals surface area contributed by atoms with Crippen LogP contribution in [0.4, 0.5) is 10.1 Å². The zero-order valence-corrected chi connectivity index (χ0v) is 14.0. The molecule has 1 aliphatic rings. The lowest BCUT2D eigenvalue weighted by atomic mass is 10.2. The predicted molar refractivity (Wildman–Crippen MR) is 91.2 cm³/mol. The van der Waals surface area contributed by atoms with Gasteiger partial charge in [0, 0.05) is 31.9 Å². The maximum absolute atomic E-state index is 13.3. The predicted octanol–water partition coefficient (Wildman–Crippen LogP) is 1.07. The summed E-state index contributed by atoms with van der Waals surface area (Å²) in [5.41, 5.74) is 0.773. The second-order valence-electron chi connectivity index (χ2n) is 5.84. The molecule has 0 radical (unpaired) electrons. The molecule has 7 nitrogen and oxygen atoms in total. The molecule has 0 unspecified atom stereocenters. The van der Waals surface area contributed by atoms with E-state index in [2.05, 4.69) is 5.32 Å². The Morgan fingerprint density at radius 1 is 1.08 bits per heavy atom. The number of benzene rings is 1. The molecule has 2 heterocycles. The lowest BCUT2D eigenvalue weighted by Crippen LogP contribution is -2.51. The largest absolute Gasteiger partial charge is 0.461 e. The SMILES string of the molecule is O=C(NCC(=O)N1CCN(c2cccc(F)c2)CC1)C(=O)c1ccco1. The third-order valence-electron chi connectivity index (χ3n) is 4.16. The zero-order chi connectivity index (χ0) is 18.5. The van der Waals surface area contributed by atoms with Crippen LogP contribution in [0.1, 0.15) is 10.6 Å². The number of anilines is 1. The third-order valence-corrected chi connectivity index (χ3v) is 4.16. The minimum absolute atomic E-state index is 0.0707. The molecule has 1 aromatic carbocycles. The molecule has 2 amide bonds. The van der Waals surface area contributed by atoms with E-state index in [1.54, 1.807) is 11.0 Å². The highest BCUT2D eigenvalue weighted by molar-refractivity contribution is 6.42. The van der Waals surface area contributed by atoms with Gasteiger partial charge in [0.05, 0.1) is 12.8 Å². The van der Waals surface area contributed by atoms with Crippen LogP contribution in [0.15, 0.2) is 47.1 Å². The van der Waals surface area contributed by atoms with Crippen LogP contribution in [-0.2, 0) is 9.59 Å². The fourth-order valence-electron chi connectivity index (χ4n) is 2.75. The first-order chi connectivity index (χ1) is 12.5. The molecule has 1 aromatic heterocycles. The van der Waals surface area contributed by atoms with Gasteiger partial charge in [-0.25, -0.2) is 4.39 Å². The van der Waals surface area contributed by atoms with Crippen molar-refractivity contribution in [3.63, 3.8) is 0 Å². The highest BCUT2D eigenvalue weighted by Crippen LogP contribution is 2.17. The summed E-state index contributed by atoms with van der Waals surface area (Å²) in [4.78, 5) is 39.3. The first-order valence-corrected chi connectivity index (χ1v) is 8.19. The van der Waals surface area contributed by atoms with E-state index in [9.17, 15) is 18.8 Å². The number of halogens is 1. The number of Topliss-reactive ketones (excluding diaryl/α,β-unsaturated/α-hetero) is 1. The number of amides is 2. The Labute approximate surface area is 149 Å². The fraction of sp³-hybridized carbons (Fsp3) is 0.278. The number of hydrogen-bond donors (Lipinski definition) is 1. The molecule has 3 rings (SSSR count). The molecule has 0 atom stereocenters. The van der Waals surface area contributed by atoms with Gasteiger partial charge in [0.25, 0.3) is 11.7 Å². The van der Waals surface area contributed by atoms with E-state index in [0.717, 1.165) is 5.69 Å². The second-order valence-corrected chi connectivity index (χ2v) is 5.84. The quantitative estimate of drug-likeness (QED) is 0.638. The number of piperazine rings is 1. The molecule has 8 heteroatoms. The number of rotatable bonds is 5. The Morgan fingerprint density at radius 2 is 1.85 bits per heavy atom. The van der Waals surface area contributed by atoms with Crippen LogP contribution in [0, 0.1) is 5.82 Å². The van der Waals surface area contributed by atoms with Gasteiger partial charge in [0.2, 0.25) is 5.91 Å². The minimum atomic E-state index is -0.883. The molecular formula is C18H18FN3O4. The molecule has 0 bridgehead atoms. The van der Waals surface area contributed by atoms with Crippen molar-refractivity contribution in [3.05, 3.63) is 54.2 Å². The number of ketones is 1. The average Bonchev–Trinajstić information content (AvgIpc) is 3.20. The number of nitrogens with zero attached hydrogens (tertiary/aromatic N) is 2. The normalized spacial score (nSPS) is 14.2. The molecule has 1 fully saturated rings. The minimum Gasteiger partial charge on any atom is -0.461 e. The standard InChI is InChI=1S/C18H18FN3O4/c19-13-3-1-4-14(11-13)21-6-8-22(9-7-21)16(23)12-20-18(25)17(24)15-5-2-10-26-15/h1-5,10-11H,6-9,12H2,(H,20,25). The van der Waals surface area contributed by atoms with Gasteiger partial charge in [-0.2, -0.15) is 0 Å². The van der Waals surface area contributed by atoms with Crippen LogP contribution in [-0.4, -0.2) is 55.2 Å². The third kappa shape index (κ3) is 4.08. The van der Waals surface area contributed by atoms with Crippen LogP contribution in [0.3, 0.4) is 0 Å². The first kappa shape index (κ1) is 17.7. The summed E-state index contributed by atoms with van der Waals surface area (Å²) in [6.07, 6.45) is 1.30. The topological polar surface area (TPSA) is 82.9 Å². The van der Waals surface area contributed by atoms with Crippen molar-refractivity contribution >= 4 is 23.3 Å². The van der Waals surface area contributed by atoms with Gasteiger partial charge in [-0.3, -0.25) is 14.4 Å². The van der Waals surface area contributed by atoms with E-state index in [0.29, 0.717) is 26.2 Å². The second kappa shape index (κ2) is 7.81. The van der Waals surface area contributed by atoms with E-state index in [4.69, 9.17) is 4.42 Å². The molecule has 0 saturated carbocycles. The number of nitrogens with one attached hydrogen (secondary N) is 1. The molecule has 1 saturated heterocycles. The molecular weight excluding hydrogens is 341 g/mol. The summed E-state index contributed by atoms with van der Waals surface area (Å²) in [6, 6.07) is 9.20. The van der Waals surface area contributed by atoms with Crippen molar-refractivity contribution in [2.45, 2.75) is 0 Å². The van der Waals surface area contributed by atoms with Gasteiger partial charge >= 0.3 is 0 Å². The summed E-state index contributed by atoms with van der Waals surface area (Å²) in [6.45, 7) is 1.78. The smallest absolute Gasteiger partial charge is 0.296 e. The molecule has 0 spiro atoms. The van der Waals surface area contributed by atoms with Crippen LogP contribution in [0.25, 0.3) is 0 Å². The summed E-state index contributed by atoms with van der Waals surface area (Å²) < 4.78 is 18.2. The monoisotopic (exact) mass is 359 g/mol. The maximum atomic E-state index is 13.3. The van der Waals surface area contributed by atoms with Crippen LogP contribution < -0.4 is 10.2 Å². The highest BCUT2D eigenvalue weighted by Gasteiger charge is 2.24. The van der Waals surface area contributed by atoms with E-state index in [-0.39, 0.29) is 24.0 Å². The molecule has 136 valence electrons. The summed E-state index contributed by atoms with van der Waals surface area (Å²) in [5.74, 6) is -2.35. The van der Waals surface area contributed by atoms with Gasteiger partial charge in [-0.15, -0.1) is 0 Å². The van der Waals surface area contributed by atoms with Crippen LogP contribution >= 0.6 is 0 Å². The van der Waals surface area contributed by atoms with E-state index in [1.807, 2.05) is 11.0 Å². The van der Waals surface area contributed by atoms with Gasteiger partial charge in [-0.05, 0) is 30.3 Å². The molecule has 1 N–H and O–H groups in total. The summed E-state index contributed by atoms with van der Waals surface area (Å²) in [5, 5.41) is 2.32. The lowest BCUT2D eigenvalue weighted by Gasteiger charge is -2.36. The number of carbonyl (C=O) groups excluding carboxylic acids is 3. The molecule has 26 heavy (non-hydrogen) atoms. The highest BCUT2D eigenvalue weighted by atomic mass is 19.1. The van der Waals surface area contributed by atoms with Gasteiger partial charge in [0.1, 0.15) is 5.82 Å². The van der Waals surface area contributed by atoms with Crippen molar-refractivity contribution < 1.29 is 23.2 Å². The van der Waals surface area contributed by atoms with Gasteiger partial charge < -0.3 is 19.5 Å². The number of hydrogen-bond acceptors (Lipinski definition) is 5. The van der Waals surface area contributed by atoms with Gasteiger partial charge in [0.15, 0.2) is 5.76 Å². The van der Waals surface area contributed by atoms with Crippen LogP contribution in [0.5, 0.6) is 0 Å². The Kier molecular flexibility index (Phi) is 5.31. The van der Waals surface area contributed by atoms with Crippen molar-refractivity contribution in [2.24, 2.45) is 0 Å². The van der Waals surface area contributed by atoms with E-state index >= 15 is 0 Å². The maximum Gasteiger partial charge on any atom is 0.296 e. The lowest BCUT2D eigenvalue weighted by molar-refractivity contribution is -0.132. The molecule has 1 aliphatic heterocycles. The first-order valence-electron chi connectivity index (χ1n) is 8.19. The van der Waals surface area contributed by atoms with Crippen molar-refractivity contribution in [2.75, 3.05) is 37.6 Å². The zero-order valence-electron chi connectivity index (χ0n) is 14.0. The number of furan rings is 1. The molecule has 2 aromatic rings. The van der Waals surface area contributed by atoms with Crippen molar-refractivity contribution in [3.8, 4) is 0 Å². The number of carbonyl (C=O) groups is 3. The fourth-order valence-corrected chi connectivity index (χ4v) is 2.75. The summed E-state index contributed by atoms with van der Waals surface area (Å²) >= 11 is 0. The molecule has 0 aliphatic carbocycles. The average molecular weight is 359 g/mol.